The summed E-state index contributed by atoms with van der Waals surface area (Å²) in [6, 6.07) is 0. The standard InChI is InChI=1S/C9H17N3O3S/c1-12-8-9(7-11-12)15-5-3-10-4-6-16(2,13)14/h7-8,10H,3-6H2,1-2H3. The first-order valence-corrected chi connectivity index (χ1v) is 7.03. The number of hydrogen-bond donors (Lipinski definition) is 1. The molecule has 0 radical (unpaired) electrons. The van der Waals surface area contributed by atoms with Crippen molar-refractivity contribution < 1.29 is 13.2 Å². The van der Waals surface area contributed by atoms with E-state index < -0.39 is 9.84 Å². The van der Waals surface area contributed by atoms with Crippen LogP contribution in [0.25, 0.3) is 0 Å². The van der Waals surface area contributed by atoms with Gasteiger partial charge < -0.3 is 10.1 Å². The summed E-state index contributed by atoms with van der Waals surface area (Å²) in [5.41, 5.74) is 0. The summed E-state index contributed by atoms with van der Waals surface area (Å²) in [6.07, 6.45) is 4.63. The number of nitrogens with zero attached hydrogens (tertiary/aromatic N) is 2. The average Bonchev–Trinajstić information content (AvgIpc) is 2.56. The first-order valence-electron chi connectivity index (χ1n) is 4.97. The zero-order valence-electron chi connectivity index (χ0n) is 9.51. The highest BCUT2D eigenvalue weighted by Gasteiger charge is 2.00. The largest absolute Gasteiger partial charge is 0.489 e. The lowest BCUT2D eigenvalue weighted by Crippen LogP contribution is -2.26. The van der Waals surface area contributed by atoms with Crippen LogP contribution in [0.5, 0.6) is 5.75 Å². The van der Waals surface area contributed by atoms with Crippen molar-refractivity contribution in [3.8, 4) is 5.75 Å². The smallest absolute Gasteiger partial charge is 0.157 e. The Kier molecular flexibility index (Phi) is 4.75. The lowest BCUT2D eigenvalue weighted by atomic mass is 10.6. The van der Waals surface area contributed by atoms with E-state index >= 15 is 0 Å². The van der Waals surface area contributed by atoms with Gasteiger partial charge in [0.1, 0.15) is 16.4 Å². The fourth-order valence-corrected chi connectivity index (χ4v) is 1.61. The molecule has 7 heteroatoms. The Morgan fingerprint density at radius 2 is 2.25 bits per heavy atom. The first kappa shape index (κ1) is 13.0. The number of rotatable bonds is 7. The Balaban J connectivity index is 2.04. The van der Waals surface area contributed by atoms with Crippen molar-refractivity contribution in [3.63, 3.8) is 0 Å². The van der Waals surface area contributed by atoms with Crippen LogP contribution in [0.3, 0.4) is 0 Å². The lowest BCUT2D eigenvalue weighted by Gasteiger charge is -2.04. The summed E-state index contributed by atoms with van der Waals surface area (Å²) < 4.78 is 28.6. The van der Waals surface area contributed by atoms with Gasteiger partial charge in [-0.15, -0.1) is 0 Å². The molecule has 1 heterocycles. The van der Waals surface area contributed by atoms with E-state index in [1.165, 1.54) is 6.26 Å². The van der Waals surface area contributed by atoms with Gasteiger partial charge >= 0.3 is 0 Å². The Bertz CT molecular complexity index is 413. The van der Waals surface area contributed by atoms with Crippen molar-refractivity contribution in [1.82, 2.24) is 15.1 Å². The second kappa shape index (κ2) is 5.86. The van der Waals surface area contributed by atoms with Crippen LogP contribution in [0, 0.1) is 0 Å². The zero-order valence-corrected chi connectivity index (χ0v) is 10.3. The molecule has 0 amide bonds. The van der Waals surface area contributed by atoms with Crippen LogP contribution in [0.15, 0.2) is 12.4 Å². The van der Waals surface area contributed by atoms with Crippen LogP contribution in [0.4, 0.5) is 0 Å². The predicted molar refractivity (Wildman–Crippen MR) is 61.3 cm³/mol. The summed E-state index contributed by atoms with van der Waals surface area (Å²) >= 11 is 0. The van der Waals surface area contributed by atoms with E-state index in [2.05, 4.69) is 10.4 Å². The molecule has 0 atom stereocenters. The molecule has 0 unspecified atom stereocenters. The van der Waals surface area contributed by atoms with E-state index in [0.717, 1.165) is 0 Å². The lowest BCUT2D eigenvalue weighted by molar-refractivity contribution is 0.315. The van der Waals surface area contributed by atoms with Gasteiger partial charge in [0.05, 0.1) is 18.1 Å². The molecule has 1 N–H and O–H groups in total. The molecule has 6 nitrogen and oxygen atoms in total. The normalized spacial score (nSPS) is 11.6. The Morgan fingerprint density at radius 3 is 2.81 bits per heavy atom. The van der Waals surface area contributed by atoms with E-state index in [-0.39, 0.29) is 5.75 Å². The van der Waals surface area contributed by atoms with E-state index in [4.69, 9.17) is 4.74 Å². The third-order valence-corrected chi connectivity index (χ3v) is 2.82. The molecular weight excluding hydrogens is 230 g/mol. The molecule has 16 heavy (non-hydrogen) atoms. The van der Waals surface area contributed by atoms with E-state index in [9.17, 15) is 8.42 Å². The second-order valence-electron chi connectivity index (χ2n) is 3.58. The quantitative estimate of drug-likeness (QED) is 0.653. The number of sulfone groups is 1. The molecule has 0 aliphatic rings. The van der Waals surface area contributed by atoms with Gasteiger partial charge in [-0.3, -0.25) is 4.68 Å². The van der Waals surface area contributed by atoms with Gasteiger partial charge in [0.25, 0.3) is 0 Å². The maximum atomic E-state index is 10.8. The number of hydrogen-bond acceptors (Lipinski definition) is 5. The predicted octanol–water partition coefficient (Wildman–Crippen LogP) is -0.567. The molecule has 0 fully saturated rings. The third kappa shape index (κ3) is 5.72. The first-order chi connectivity index (χ1) is 7.47. The summed E-state index contributed by atoms with van der Waals surface area (Å²) in [7, 11) is -1.06. The minimum atomic E-state index is -2.88. The van der Waals surface area contributed by atoms with Crippen molar-refractivity contribution >= 4 is 9.84 Å². The summed E-state index contributed by atoms with van der Waals surface area (Å²) in [5.74, 6) is 0.868. The number of ether oxygens (including phenoxy) is 1. The van der Waals surface area contributed by atoms with Gasteiger partial charge in [0.15, 0.2) is 5.75 Å². The van der Waals surface area contributed by atoms with E-state index in [1.807, 2.05) is 7.05 Å². The van der Waals surface area contributed by atoms with Crippen molar-refractivity contribution in [3.05, 3.63) is 12.4 Å². The molecule has 0 aliphatic heterocycles. The highest BCUT2D eigenvalue weighted by Crippen LogP contribution is 2.05. The van der Waals surface area contributed by atoms with Gasteiger partial charge in [-0.2, -0.15) is 5.10 Å². The summed E-state index contributed by atoms with van der Waals surface area (Å²) in [5, 5.41) is 6.94. The van der Waals surface area contributed by atoms with Crippen molar-refractivity contribution in [1.29, 1.82) is 0 Å². The van der Waals surface area contributed by atoms with Gasteiger partial charge in [-0.25, -0.2) is 8.42 Å². The number of aryl methyl sites for hydroxylation is 1. The number of nitrogens with one attached hydrogen (secondary N) is 1. The van der Waals surface area contributed by atoms with Crippen molar-refractivity contribution in [2.45, 2.75) is 0 Å². The molecule has 0 aliphatic carbocycles. The van der Waals surface area contributed by atoms with Crippen LogP contribution in [-0.4, -0.2) is 49.9 Å². The Labute approximate surface area is 95.5 Å². The van der Waals surface area contributed by atoms with Gasteiger partial charge in [-0.05, 0) is 0 Å². The SMILES string of the molecule is Cn1cc(OCCNCCS(C)(=O)=O)cn1. The Morgan fingerprint density at radius 1 is 1.50 bits per heavy atom. The van der Waals surface area contributed by atoms with E-state index in [0.29, 0.717) is 25.4 Å². The van der Waals surface area contributed by atoms with Crippen molar-refractivity contribution in [2.75, 3.05) is 31.7 Å². The zero-order chi connectivity index (χ0) is 12.0. The van der Waals surface area contributed by atoms with Crippen LogP contribution in [-0.2, 0) is 16.9 Å². The van der Waals surface area contributed by atoms with Crippen molar-refractivity contribution in [2.24, 2.45) is 7.05 Å². The minimum absolute atomic E-state index is 0.153. The van der Waals surface area contributed by atoms with Gasteiger partial charge in [0, 0.05) is 26.4 Å². The maximum Gasteiger partial charge on any atom is 0.157 e. The second-order valence-corrected chi connectivity index (χ2v) is 5.84. The van der Waals surface area contributed by atoms with E-state index in [1.54, 1.807) is 17.1 Å². The van der Waals surface area contributed by atoms with Crippen LogP contribution < -0.4 is 10.1 Å². The van der Waals surface area contributed by atoms with Gasteiger partial charge in [0.2, 0.25) is 0 Å². The Hall–Kier alpha value is -1.08. The topological polar surface area (TPSA) is 73.2 Å². The monoisotopic (exact) mass is 247 g/mol. The molecule has 1 rings (SSSR count). The molecule has 0 bridgehead atoms. The minimum Gasteiger partial charge on any atom is -0.489 e. The maximum absolute atomic E-state index is 10.8. The molecule has 0 saturated carbocycles. The van der Waals surface area contributed by atoms with Crippen LogP contribution in [0.1, 0.15) is 0 Å². The fourth-order valence-electron chi connectivity index (χ4n) is 1.10. The highest BCUT2D eigenvalue weighted by atomic mass is 32.2. The number of aromatic nitrogens is 2. The van der Waals surface area contributed by atoms with Crippen LogP contribution in [0.2, 0.25) is 0 Å². The molecule has 0 saturated heterocycles. The summed E-state index contributed by atoms with van der Waals surface area (Å²) in [4.78, 5) is 0. The molecule has 1 aromatic rings. The third-order valence-electron chi connectivity index (χ3n) is 1.88. The molecule has 0 aromatic carbocycles. The molecular formula is C9H17N3O3S. The van der Waals surface area contributed by atoms with Gasteiger partial charge in [-0.1, -0.05) is 0 Å². The summed E-state index contributed by atoms with van der Waals surface area (Å²) in [6.45, 7) is 1.56. The highest BCUT2D eigenvalue weighted by molar-refractivity contribution is 7.90. The fraction of sp³-hybridized carbons (Fsp3) is 0.667. The molecule has 1 aromatic heterocycles. The molecule has 0 spiro atoms. The molecule has 92 valence electrons. The van der Waals surface area contributed by atoms with Crippen LogP contribution >= 0.6 is 0 Å². The average molecular weight is 247 g/mol.